The van der Waals surface area contributed by atoms with Crippen LogP contribution in [0.25, 0.3) is 0 Å². The molecule has 122 valence electrons. The van der Waals surface area contributed by atoms with Crippen molar-refractivity contribution in [3.63, 3.8) is 0 Å². The molecular weight excluding hydrogens is 286 g/mol. The zero-order chi connectivity index (χ0) is 15.9. The summed E-state index contributed by atoms with van der Waals surface area (Å²) in [6.45, 7) is 4.09. The SMILES string of the molecule is OC(CC(c1ccccc1)c1ccccc1)CN1CCOCC1. The molecule has 1 unspecified atom stereocenters. The van der Waals surface area contributed by atoms with Gasteiger partial charge in [0.05, 0.1) is 19.3 Å². The summed E-state index contributed by atoms with van der Waals surface area (Å²) in [4.78, 5) is 2.29. The summed E-state index contributed by atoms with van der Waals surface area (Å²) in [6.07, 6.45) is 0.407. The Morgan fingerprint density at radius 2 is 1.39 bits per heavy atom. The minimum Gasteiger partial charge on any atom is -0.392 e. The van der Waals surface area contributed by atoms with Crippen LogP contribution in [0.15, 0.2) is 60.7 Å². The van der Waals surface area contributed by atoms with Crippen molar-refractivity contribution >= 4 is 0 Å². The maximum absolute atomic E-state index is 10.6. The highest BCUT2D eigenvalue weighted by Gasteiger charge is 2.21. The van der Waals surface area contributed by atoms with Crippen LogP contribution in [0.1, 0.15) is 23.5 Å². The molecule has 23 heavy (non-hydrogen) atoms. The molecule has 3 rings (SSSR count). The van der Waals surface area contributed by atoms with Crippen LogP contribution in [0, 0.1) is 0 Å². The molecule has 0 aromatic heterocycles. The number of benzene rings is 2. The Kier molecular flexibility index (Phi) is 5.81. The lowest BCUT2D eigenvalue weighted by Crippen LogP contribution is -2.41. The molecule has 1 heterocycles. The van der Waals surface area contributed by atoms with Crippen LogP contribution >= 0.6 is 0 Å². The summed E-state index contributed by atoms with van der Waals surface area (Å²) in [5.41, 5.74) is 2.53. The zero-order valence-electron chi connectivity index (χ0n) is 13.5. The Hall–Kier alpha value is -1.68. The predicted octanol–water partition coefficient (Wildman–Crippen LogP) is 2.90. The van der Waals surface area contributed by atoms with Gasteiger partial charge in [0.2, 0.25) is 0 Å². The minimum atomic E-state index is -0.335. The standard InChI is InChI=1S/C20H25NO2/c22-19(16-21-11-13-23-14-12-21)15-20(17-7-3-1-4-8-17)18-9-5-2-6-10-18/h1-10,19-20,22H,11-16H2. The smallest absolute Gasteiger partial charge is 0.0676 e. The van der Waals surface area contributed by atoms with Crippen LogP contribution in [0.3, 0.4) is 0 Å². The number of hydrogen-bond acceptors (Lipinski definition) is 3. The first kappa shape index (κ1) is 16.2. The number of aliphatic hydroxyl groups is 1. The van der Waals surface area contributed by atoms with Gasteiger partial charge in [-0.15, -0.1) is 0 Å². The summed E-state index contributed by atoms with van der Waals surface area (Å²) in [5, 5.41) is 10.6. The molecule has 0 bridgehead atoms. The average molecular weight is 311 g/mol. The topological polar surface area (TPSA) is 32.7 Å². The van der Waals surface area contributed by atoms with Gasteiger partial charge < -0.3 is 9.84 Å². The Labute approximate surface area is 138 Å². The lowest BCUT2D eigenvalue weighted by atomic mass is 9.86. The van der Waals surface area contributed by atoms with Crippen molar-refractivity contribution in [2.24, 2.45) is 0 Å². The first-order chi connectivity index (χ1) is 11.3. The van der Waals surface area contributed by atoms with Gasteiger partial charge in [0.25, 0.3) is 0 Å². The van der Waals surface area contributed by atoms with Crippen molar-refractivity contribution in [3.8, 4) is 0 Å². The third kappa shape index (κ3) is 4.64. The van der Waals surface area contributed by atoms with E-state index in [0.717, 1.165) is 39.3 Å². The molecule has 1 atom stereocenters. The van der Waals surface area contributed by atoms with Crippen molar-refractivity contribution in [1.29, 1.82) is 0 Å². The summed E-state index contributed by atoms with van der Waals surface area (Å²) in [7, 11) is 0. The Morgan fingerprint density at radius 3 is 1.91 bits per heavy atom. The molecule has 0 saturated carbocycles. The molecule has 0 aliphatic carbocycles. The second kappa shape index (κ2) is 8.25. The summed E-state index contributed by atoms with van der Waals surface area (Å²) < 4.78 is 5.38. The van der Waals surface area contributed by atoms with Gasteiger partial charge in [-0.05, 0) is 17.5 Å². The largest absolute Gasteiger partial charge is 0.392 e. The van der Waals surface area contributed by atoms with Gasteiger partial charge in [0.1, 0.15) is 0 Å². The molecular formula is C20H25NO2. The molecule has 0 amide bonds. The first-order valence-corrected chi connectivity index (χ1v) is 8.41. The van der Waals surface area contributed by atoms with E-state index in [2.05, 4.69) is 53.4 Å². The fourth-order valence-corrected chi connectivity index (χ4v) is 3.26. The number of nitrogens with zero attached hydrogens (tertiary/aromatic N) is 1. The Balaban J connectivity index is 1.71. The van der Waals surface area contributed by atoms with Gasteiger partial charge in [0.15, 0.2) is 0 Å². The summed E-state index contributed by atoms with van der Waals surface area (Å²) in [5.74, 6) is 0.230. The van der Waals surface area contributed by atoms with Gasteiger partial charge in [0, 0.05) is 25.6 Å². The van der Waals surface area contributed by atoms with E-state index in [1.807, 2.05) is 12.1 Å². The first-order valence-electron chi connectivity index (χ1n) is 8.41. The highest BCUT2D eigenvalue weighted by atomic mass is 16.5. The number of ether oxygens (including phenoxy) is 1. The van der Waals surface area contributed by atoms with E-state index in [0.29, 0.717) is 0 Å². The van der Waals surface area contributed by atoms with Crippen molar-refractivity contribution in [2.45, 2.75) is 18.4 Å². The van der Waals surface area contributed by atoms with Gasteiger partial charge in [-0.2, -0.15) is 0 Å². The molecule has 0 spiro atoms. The molecule has 3 nitrogen and oxygen atoms in total. The molecule has 3 heteroatoms. The minimum absolute atomic E-state index is 0.230. The molecule has 1 saturated heterocycles. The fourth-order valence-electron chi connectivity index (χ4n) is 3.26. The molecule has 0 radical (unpaired) electrons. The normalized spacial score (nSPS) is 17.3. The third-order valence-corrected chi connectivity index (χ3v) is 4.48. The van der Waals surface area contributed by atoms with Crippen LogP contribution in [0.2, 0.25) is 0 Å². The van der Waals surface area contributed by atoms with Crippen molar-refractivity contribution < 1.29 is 9.84 Å². The molecule has 2 aromatic carbocycles. The molecule has 1 aliphatic heterocycles. The van der Waals surface area contributed by atoms with E-state index in [9.17, 15) is 5.11 Å². The van der Waals surface area contributed by atoms with Crippen LogP contribution in [0.5, 0.6) is 0 Å². The highest BCUT2D eigenvalue weighted by Crippen LogP contribution is 2.29. The average Bonchev–Trinajstić information content (AvgIpc) is 2.62. The molecule has 1 fully saturated rings. The van der Waals surface area contributed by atoms with Gasteiger partial charge in [-0.25, -0.2) is 0 Å². The molecule has 1 aliphatic rings. The Bertz CT molecular complexity index is 527. The monoisotopic (exact) mass is 311 g/mol. The van der Waals surface area contributed by atoms with E-state index >= 15 is 0 Å². The van der Waals surface area contributed by atoms with Gasteiger partial charge in [-0.3, -0.25) is 4.90 Å². The highest BCUT2D eigenvalue weighted by molar-refractivity contribution is 5.32. The van der Waals surface area contributed by atoms with E-state index in [4.69, 9.17) is 4.74 Å². The third-order valence-electron chi connectivity index (χ3n) is 4.48. The van der Waals surface area contributed by atoms with Crippen LogP contribution in [0.4, 0.5) is 0 Å². The van der Waals surface area contributed by atoms with E-state index in [1.54, 1.807) is 0 Å². The second-order valence-electron chi connectivity index (χ2n) is 6.18. The van der Waals surface area contributed by atoms with Crippen LogP contribution in [-0.4, -0.2) is 49.0 Å². The second-order valence-corrected chi connectivity index (χ2v) is 6.18. The summed E-state index contributed by atoms with van der Waals surface area (Å²) >= 11 is 0. The lowest BCUT2D eigenvalue weighted by molar-refractivity contribution is 0.0125. The Morgan fingerprint density at radius 1 is 0.870 bits per heavy atom. The maximum Gasteiger partial charge on any atom is 0.0676 e. The molecule has 2 aromatic rings. The molecule has 1 N–H and O–H groups in total. The number of rotatable bonds is 6. The lowest BCUT2D eigenvalue weighted by Gasteiger charge is -2.30. The number of morpholine rings is 1. The quantitative estimate of drug-likeness (QED) is 0.890. The predicted molar refractivity (Wildman–Crippen MR) is 92.6 cm³/mol. The number of aliphatic hydroxyl groups excluding tert-OH is 1. The van der Waals surface area contributed by atoms with Gasteiger partial charge >= 0.3 is 0 Å². The van der Waals surface area contributed by atoms with E-state index < -0.39 is 0 Å². The fraction of sp³-hybridized carbons (Fsp3) is 0.400. The van der Waals surface area contributed by atoms with E-state index in [-0.39, 0.29) is 12.0 Å². The van der Waals surface area contributed by atoms with Crippen molar-refractivity contribution in [3.05, 3.63) is 71.8 Å². The van der Waals surface area contributed by atoms with Crippen molar-refractivity contribution in [2.75, 3.05) is 32.8 Å². The number of β-amino-alcohol motifs (C(OH)–C–C–N with tert-alkyl or cyclic N) is 1. The summed E-state index contributed by atoms with van der Waals surface area (Å²) in [6, 6.07) is 21.0. The van der Waals surface area contributed by atoms with Crippen LogP contribution < -0.4 is 0 Å². The zero-order valence-corrected chi connectivity index (χ0v) is 13.5. The van der Waals surface area contributed by atoms with Gasteiger partial charge in [-0.1, -0.05) is 60.7 Å². The van der Waals surface area contributed by atoms with Crippen molar-refractivity contribution in [1.82, 2.24) is 4.90 Å². The van der Waals surface area contributed by atoms with E-state index in [1.165, 1.54) is 11.1 Å². The van der Waals surface area contributed by atoms with Crippen LogP contribution in [-0.2, 0) is 4.74 Å². The number of hydrogen-bond donors (Lipinski definition) is 1. The maximum atomic E-state index is 10.6.